The van der Waals surface area contributed by atoms with Gasteiger partial charge < -0.3 is 10.2 Å². The van der Waals surface area contributed by atoms with Gasteiger partial charge in [-0.1, -0.05) is 30.0 Å². The van der Waals surface area contributed by atoms with Gasteiger partial charge in [-0.2, -0.15) is 0 Å². The van der Waals surface area contributed by atoms with Crippen molar-refractivity contribution >= 4 is 29.4 Å². The topological polar surface area (TPSA) is 80.1 Å². The predicted molar refractivity (Wildman–Crippen MR) is 122 cm³/mol. The molecule has 0 spiro atoms. The standard InChI is InChI=1S/C23H25N5O2S/c1-16-15-28(18-9-4-3-5-10-18)26-20(16)25-21(29)19-11-8-12-24-22(19)31-17(2)23(30)27-13-6-7-14-27/h3-5,8-12,15,17H,6-7,13-14H2,1-2H3,(H,25,26,29). The molecule has 2 amide bonds. The van der Waals surface area contributed by atoms with E-state index in [1.807, 2.05) is 55.3 Å². The Morgan fingerprint density at radius 2 is 1.84 bits per heavy atom. The van der Waals surface area contributed by atoms with E-state index in [0.717, 1.165) is 37.2 Å². The molecule has 0 aliphatic carbocycles. The molecule has 0 radical (unpaired) electrons. The fourth-order valence-electron chi connectivity index (χ4n) is 3.54. The maximum absolute atomic E-state index is 13.0. The van der Waals surface area contributed by atoms with E-state index in [-0.39, 0.29) is 17.1 Å². The van der Waals surface area contributed by atoms with Crippen molar-refractivity contribution in [1.82, 2.24) is 19.7 Å². The van der Waals surface area contributed by atoms with Crippen LogP contribution in [-0.2, 0) is 4.79 Å². The highest BCUT2D eigenvalue weighted by Gasteiger charge is 2.26. The minimum atomic E-state index is -0.307. The second-order valence-electron chi connectivity index (χ2n) is 7.54. The number of pyridine rings is 1. The van der Waals surface area contributed by atoms with Crippen molar-refractivity contribution in [3.8, 4) is 5.69 Å². The molecule has 3 aromatic rings. The van der Waals surface area contributed by atoms with Crippen LogP contribution in [0.4, 0.5) is 5.82 Å². The Balaban J connectivity index is 1.50. The summed E-state index contributed by atoms with van der Waals surface area (Å²) in [5.41, 5.74) is 2.20. The van der Waals surface area contributed by atoms with Gasteiger partial charge in [-0.15, -0.1) is 5.10 Å². The van der Waals surface area contributed by atoms with Gasteiger partial charge in [-0.25, -0.2) is 9.67 Å². The van der Waals surface area contributed by atoms with Gasteiger partial charge >= 0.3 is 0 Å². The van der Waals surface area contributed by atoms with E-state index in [2.05, 4.69) is 15.4 Å². The summed E-state index contributed by atoms with van der Waals surface area (Å²) in [5, 5.41) is 7.64. The summed E-state index contributed by atoms with van der Waals surface area (Å²) in [6, 6.07) is 13.2. The summed E-state index contributed by atoms with van der Waals surface area (Å²) < 4.78 is 1.74. The molecule has 1 saturated heterocycles. The summed E-state index contributed by atoms with van der Waals surface area (Å²) >= 11 is 1.32. The second kappa shape index (κ2) is 9.34. The number of benzene rings is 1. The molecule has 31 heavy (non-hydrogen) atoms. The lowest BCUT2D eigenvalue weighted by molar-refractivity contribution is -0.129. The van der Waals surface area contributed by atoms with Gasteiger partial charge in [-0.05, 0) is 51.0 Å². The summed E-state index contributed by atoms with van der Waals surface area (Å²) in [6.45, 7) is 5.39. The lowest BCUT2D eigenvalue weighted by Crippen LogP contribution is -2.34. The number of rotatable bonds is 6. The van der Waals surface area contributed by atoms with E-state index in [9.17, 15) is 9.59 Å². The molecule has 1 atom stereocenters. The number of carbonyl (C=O) groups is 2. The molecule has 0 saturated carbocycles. The Labute approximate surface area is 185 Å². The molecule has 1 aliphatic heterocycles. The number of thioether (sulfide) groups is 1. The van der Waals surface area contributed by atoms with Gasteiger partial charge in [0, 0.05) is 31.0 Å². The average molecular weight is 436 g/mol. The molecular formula is C23H25N5O2S. The van der Waals surface area contributed by atoms with E-state index in [1.54, 1.807) is 23.0 Å². The molecule has 4 rings (SSSR count). The first-order chi connectivity index (χ1) is 15.0. The van der Waals surface area contributed by atoms with Gasteiger partial charge in [0.25, 0.3) is 5.91 Å². The lowest BCUT2D eigenvalue weighted by atomic mass is 10.2. The van der Waals surface area contributed by atoms with Gasteiger partial charge in [0.15, 0.2) is 5.82 Å². The Hall–Kier alpha value is -3.13. The number of nitrogens with zero attached hydrogens (tertiary/aromatic N) is 4. The van der Waals surface area contributed by atoms with Crippen LogP contribution in [0.2, 0.25) is 0 Å². The highest BCUT2D eigenvalue weighted by molar-refractivity contribution is 8.00. The quantitative estimate of drug-likeness (QED) is 0.594. The number of nitrogens with one attached hydrogen (secondary N) is 1. The van der Waals surface area contributed by atoms with E-state index < -0.39 is 0 Å². The number of carbonyl (C=O) groups excluding carboxylic acids is 2. The number of anilines is 1. The third-order valence-electron chi connectivity index (χ3n) is 5.22. The van der Waals surface area contributed by atoms with Gasteiger partial charge in [-0.3, -0.25) is 9.59 Å². The van der Waals surface area contributed by atoms with Gasteiger partial charge in [0.05, 0.1) is 16.5 Å². The van der Waals surface area contributed by atoms with Crippen molar-refractivity contribution in [1.29, 1.82) is 0 Å². The van der Waals surface area contributed by atoms with E-state index in [4.69, 9.17) is 0 Å². The highest BCUT2D eigenvalue weighted by atomic mass is 32.2. The molecule has 7 nitrogen and oxygen atoms in total. The van der Waals surface area contributed by atoms with Crippen LogP contribution in [0.1, 0.15) is 35.7 Å². The molecule has 1 unspecified atom stereocenters. The van der Waals surface area contributed by atoms with Crippen LogP contribution in [0.25, 0.3) is 5.69 Å². The van der Waals surface area contributed by atoms with Crippen LogP contribution >= 0.6 is 11.8 Å². The fraction of sp³-hybridized carbons (Fsp3) is 0.304. The minimum absolute atomic E-state index is 0.0944. The summed E-state index contributed by atoms with van der Waals surface area (Å²) in [6.07, 6.45) is 5.62. The van der Waals surface area contributed by atoms with Crippen molar-refractivity contribution in [2.45, 2.75) is 37.0 Å². The van der Waals surface area contributed by atoms with Crippen LogP contribution in [0, 0.1) is 6.92 Å². The number of aromatic nitrogens is 3. The van der Waals surface area contributed by atoms with Crippen molar-refractivity contribution in [3.63, 3.8) is 0 Å². The highest BCUT2D eigenvalue weighted by Crippen LogP contribution is 2.27. The van der Waals surface area contributed by atoms with Crippen LogP contribution in [0.15, 0.2) is 59.9 Å². The zero-order valence-electron chi connectivity index (χ0n) is 17.6. The van der Waals surface area contributed by atoms with Crippen LogP contribution in [0.5, 0.6) is 0 Å². The smallest absolute Gasteiger partial charge is 0.259 e. The Kier molecular flexibility index (Phi) is 6.36. The molecule has 1 fully saturated rings. The van der Waals surface area contributed by atoms with Crippen molar-refractivity contribution in [2.75, 3.05) is 18.4 Å². The molecule has 8 heteroatoms. The first kappa shape index (κ1) is 21.1. The molecule has 3 heterocycles. The van der Waals surface area contributed by atoms with Crippen LogP contribution in [-0.4, -0.2) is 49.8 Å². The van der Waals surface area contributed by atoms with E-state index in [1.165, 1.54) is 11.8 Å². The molecule has 0 bridgehead atoms. The lowest BCUT2D eigenvalue weighted by Gasteiger charge is -2.20. The number of likely N-dealkylation sites (tertiary alicyclic amines) is 1. The average Bonchev–Trinajstić information content (AvgIpc) is 3.45. The number of hydrogen-bond acceptors (Lipinski definition) is 5. The normalized spacial score (nSPS) is 14.5. The predicted octanol–water partition coefficient (Wildman–Crippen LogP) is 3.93. The summed E-state index contributed by atoms with van der Waals surface area (Å²) in [4.78, 5) is 32.0. The monoisotopic (exact) mass is 435 g/mol. The number of aryl methyl sites for hydroxylation is 1. The zero-order valence-corrected chi connectivity index (χ0v) is 18.4. The Morgan fingerprint density at radius 1 is 1.10 bits per heavy atom. The summed E-state index contributed by atoms with van der Waals surface area (Å²) in [5.74, 6) is 0.296. The SMILES string of the molecule is Cc1cn(-c2ccccc2)nc1NC(=O)c1cccnc1SC(C)C(=O)N1CCCC1. The molecule has 2 aromatic heterocycles. The minimum Gasteiger partial charge on any atom is -0.342 e. The third-order valence-corrected chi connectivity index (χ3v) is 6.32. The first-order valence-electron chi connectivity index (χ1n) is 10.4. The van der Waals surface area contributed by atoms with Crippen LogP contribution in [0.3, 0.4) is 0 Å². The van der Waals surface area contributed by atoms with Gasteiger partial charge in [0.1, 0.15) is 5.03 Å². The Morgan fingerprint density at radius 3 is 2.58 bits per heavy atom. The molecule has 1 aromatic carbocycles. The fourth-order valence-corrected chi connectivity index (χ4v) is 4.54. The molecular weight excluding hydrogens is 410 g/mol. The van der Waals surface area contributed by atoms with E-state index >= 15 is 0 Å². The maximum Gasteiger partial charge on any atom is 0.259 e. The number of amides is 2. The number of hydrogen-bond donors (Lipinski definition) is 1. The van der Waals surface area contributed by atoms with E-state index in [0.29, 0.717) is 16.4 Å². The third kappa shape index (κ3) is 4.80. The largest absolute Gasteiger partial charge is 0.342 e. The zero-order chi connectivity index (χ0) is 21.8. The van der Waals surface area contributed by atoms with Crippen molar-refractivity contribution < 1.29 is 9.59 Å². The maximum atomic E-state index is 13.0. The molecule has 160 valence electrons. The van der Waals surface area contributed by atoms with Gasteiger partial charge in [0.2, 0.25) is 5.91 Å². The second-order valence-corrected chi connectivity index (χ2v) is 8.87. The first-order valence-corrected chi connectivity index (χ1v) is 11.2. The van der Waals surface area contributed by atoms with Crippen molar-refractivity contribution in [2.24, 2.45) is 0 Å². The van der Waals surface area contributed by atoms with Crippen LogP contribution < -0.4 is 5.32 Å². The molecule has 1 N–H and O–H groups in total. The number of para-hydroxylation sites is 1. The summed E-state index contributed by atoms with van der Waals surface area (Å²) in [7, 11) is 0. The molecule has 1 aliphatic rings. The van der Waals surface area contributed by atoms with Crippen molar-refractivity contribution in [3.05, 3.63) is 66.0 Å². The Bertz CT molecular complexity index is 1080.